The molecule has 0 saturated heterocycles. The Morgan fingerprint density at radius 1 is 1.17 bits per heavy atom. The van der Waals surface area contributed by atoms with E-state index >= 15 is 0 Å². The first-order chi connectivity index (χ1) is 10.6. The number of primary amides is 1. The summed E-state index contributed by atoms with van der Waals surface area (Å²) in [5.41, 5.74) is 3.87. The number of hydrogen-bond acceptors (Lipinski definition) is 4. The summed E-state index contributed by atoms with van der Waals surface area (Å²) in [5.74, 6) is -0.969. The highest BCUT2D eigenvalue weighted by Crippen LogP contribution is 2.33. The number of nitrogens with one attached hydrogen (secondary N) is 1. The van der Waals surface area contributed by atoms with Crippen LogP contribution in [0.4, 0.5) is 5.69 Å². The zero-order valence-electron chi connectivity index (χ0n) is 12.2. The molecule has 2 rings (SSSR count). The Balaban J connectivity index is 2.54. The summed E-state index contributed by atoms with van der Waals surface area (Å²) in [6, 6.07) is 12.2. The van der Waals surface area contributed by atoms with E-state index in [4.69, 9.17) is 17.3 Å². The minimum atomic E-state index is -3.51. The van der Waals surface area contributed by atoms with E-state index in [1.807, 2.05) is 0 Å². The summed E-state index contributed by atoms with van der Waals surface area (Å²) in [4.78, 5) is 11.9. The van der Waals surface area contributed by atoms with Gasteiger partial charge in [-0.1, -0.05) is 48.0 Å². The summed E-state index contributed by atoms with van der Waals surface area (Å²) in [5, 5.41) is 10.8. The molecular formula is C15H15ClN2O4S. The molecule has 0 aliphatic heterocycles. The highest BCUT2D eigenvalue weighted by Gasteiger charge is 2.38. The van der Waals surface area contributed by atoms with E-state index in [2.05, 4.69) is 4.72 Å². The van der Waals surface area contributed by atoms with Crippen LogP contribution in [0.1, 0.15) is 11.1 Å². The number of nitrogens with two attached hydrogens (primary N) is 1. The van der Waals surface area contributed by atoms with Gasteiger partial charge >= 0.3 is 0 Å². The molecule has 0 bridgehead atoms. The van der Waals surface area contributed by atoms with E-state index in [1.165, 1.54) is 18.2 Å². The SMILES string of the molecule is CS(=O)(=O)Nc1ccc(C(O)(C(N)=O)c2ccccc2)cc1Cl. The molecule has 0 aromatic heterocycles. The van der Waals surface area contributed by atoms with Crippen LogP contribution in [0.5, 0.6) is 0 Å². The van der Waals surface area contributed by atoms with E-state index in [9.17, 15) is 18.3 Å². The van der Waals surface area contributed by atoms with Crippen molar-refractivity contribution in [1.29, 1.82) is 0 Å². The van der Waals surface area contributed by atoms with Crippen molar-refractivity contribution in [3.8, 4) is 0 Å². The van der Waals surface area contributed by atoms with Crippen molar-refractivity contribution in [2.45, 2.75) is 5.60 Å². The first-order valence-corrected chi connectivity index (χ1v) is 8.77. The Morgan fingerprint density at radius 2 is 1.78 bits per heavy atom. The molecule has 1 unspecified atom stereocenters. The second kappa shape index (κ2) is 6.19. The number of benzene rings is 2. The standard InChI is InChI=1S/C15H15ClN2O4S/c1-23(21,22)18-13-8-7-11(9-12(13)16)15(20,14(17)19)10-5-3-2-4-6-10/h2-9,18,20H,1H3,(H2,17,19). The van der Waals surface area contributed by atoms with Crippen molar-refractivity contribution in [1.82, 2.24) is 0 Å². The van der Waals surface area contributed by atoms with Gasteiger partial charge < -0.3 is 10.8 Å². The van der Waals surface area contributed by atoms with Crippen molar-refractivity contribution < 1.29 is 18.3 Å². The lowest BCUT2D eigenvalue weighted by molar-refractivity contribution is -0.133. The number of halogens is 1. The minimum Gasteiger partial charge on any atom is -0.372 e. The molecule has 0 heterocycles. The fourth-order valence-electron chi connectivity index (χ4n) is 2.15. The van der Waals surface area contributed by atoms with E-state index in [-0.39, 0.29) is 21.8 Å². The highest BCUT2D eigenvalue weighted by atomic mass is 35.5. The molecule has 2 aromatic rings. The van der Waals surface area contributed by atoms with Crippen molar-refractivity contribution in [2.75, 3.05) is 11.0 Å². The summed E-state index contributed by atoms with van der Waals surface area (Å²) in [6.07, 6.45) is 0.987. The minimum absolute atomic E-state index is 0.0310. The molecule has 23 heavy (non-hydrogen) atoms. The molecule has 0 aliphatic rings. The molecule has 2 aromatic carbocycles. The van der Waals surface area contributed by atoms with Gasteiger partial charge in [0, 0.05) is 0 Å². The van der Waals surface area contributed by atoms with Gasteiger partial charge in [0.2, 0.25) is 10.0 Å². The van der Waals surface area contributed by atoms with Crippen molar-refractivity contribution in [3.05, 3.63) is 64.7 Å². The third-order valence-corrected chi connectivity index (χ3v) is 4.13. The maximum Gasteiger partial charge on any atom is 0.258 e. The van der Waals surface area contributed by atoms with Crippen LogP contribution in [0, 0.1) is 0 Å². The quantitative estimate of drug-likeness (QED) is 0.754. The predicted octanol–water partition coefficient (Wildman–Crippen LogP) is 1.43. The molecule has 1 amide bonds. The molecule has 0 aliphatic carbocycles. The highest BCUT2D eigenvalue weighted by molar-refractivity contribution is 7.92. The molecule has 0 fully saturated rings. The van der Waals surface area contributed by atoms with Gasteiger partial charge in [0.1, 0.15) is 0 Å². The normalized spacial score (nSPS) is 14.0. The lowest BCUT2D eigenvalue weighted by Gasteiger charge is -2.26. The summed E-state index contributed by atoms with van der Waals surface area (Å²) in [7, 11) is -3.51. The molecule has 8 heteroatoms. The average molecular weight is 355 g/mol. The van der Waals surface area contributed by atoms with Crippen LogP contribution in [0.25, 0.3) is 0 Å². The van der Waals surface area contributed by atoms with Gasteiger partial charge in [0.15, 0.2) is 5.60 Å². The van der Waals surface area contributed by atoms with Gasteiger partial charge in [0.05, 0.1) is 17.0 Å². The van der Waals surface area contributed by atoms with E-state index < -0.39 is 21.5 Å². The van der Waals surface area contributed by atoms with Crippen molar-refractivity contribution >= 4 is 33.2 Å². The Labute approximate surface area is 138 Å². The molecule has 0 spiro atoms. The first-order valence-electron chi connectivity index (χ1n) is 6.50. The van der Waals surface area contributed by atoms with Gasteiger partial charge in [-0.05, 0) is 23.3 Å². The van der Waals surface area contributed by atoms with Gasteiger partial charge in [-0.2, -0.15) is 0 Å². The average Bonchev–Trinajstić information content (AvgIpc) is 2.48. The third-order valence-electron chi connectivity index (χ3n) is 3.23. The van der Waals surface area contributed by atoms with Gasteiger partial charge in [0.25, 0.3) is 5.91 Å². The van der Waals surface area contributed by atoms with Gasteiger partial charge in [-0.3, -0.25) is 9.52 Å². The Kier molecular flexibility index (Phi) is 4.65. The zero-order valence-corrected chi connectivity index (χ0v) is 13.7. The van der Waals surface area contributed by atoms with Crippen molar-refractivity contribution in [2.24, 2.45) is 5.73 Å². The van der Waals surface area contributed by atoms with Crippen molar-refractivity contribution in [3.63, 3.8) is 0 Å². The molecule has 0 saturated carbocycles. The Bertz CT molecular complexity index is 840. The maximum absolute atomic E-state index is 11.9. The monoisotopic (exact) mass is 354 g/mol. The zero-order chi connectivity index (χ0) is 17.3. The van der Waals surface area contributed by atoms with E-state index in [1.54, 1.807) is 30.3 Å². The largest absolute Gasteiger partial charge is 0.372 e. The summed E-state index contributed by atoms with van der Waals surface area (Å²) < 4.78 is 24.8. The second-order valence-electron chi connectivity index (χ2n) is 5.01. The number of sulfonamides is 1. The summed E-state index contributed by atoms with van der Waals surface area (Å²) >= 11 is 6.04. The van der Waals surface area contributed by atoms with Crippen LogP contribution in [0.2, 0.25) is 5.02 Å². The van der Waals surface area contributed by atoms with E-state index in [0.29, 0.717) is 0 Å². The molecule has 1 atom stereocenters. The second-order valence-corrected chi connectivity index (χ2v) is 7.17. The summed E-state index contributed by atoms with van der Waals surface area (Å²) in [6.45, 7) is 0. The topological polar surface area (TPSA) is 109 Å². The number of amides is 1. The van der Waals surface area contributed by atoms with Crippen LogP contribution in [0.15, 0.2) is 48.5 Å². The van der Waals surface area contributed by atoms with Crippen LogP contribution in [0.3, 0.4) is 0 Å². The van der Waals surface area contributed by atoms with Crippen LogP contribution in [-0.4, -0.2) is 25.7 Å². The fraction of sp³-hybridized carbons (Fsp3) is 0.133. The van der Waals surface area contributed by atoms with Crippen LogP contribution >= 0.6 is 11.6 Å². The number of aliphatic hydroxyl groups is 1. The molecule has 0 radical (unpaired) electrons. The first kappa shape index (κ1) is 17.3. The Hall–Kier alpha value is -2.09. The van der Waals surface area contributed by atoms with E-state index in [0.717, 1.165) is 6.26 Å². The van der Waals surface area contributed by atoms with Crippen LogP contribution < -0.4 is 10.5 Å². The maximum atomic E-state index is 11.9. The molecule has 6 nitrogen and oxygen atoms in total. The molecule has 122 valence electrons. The third kappa shape index (κ3) is 3.64. The number of rotatable bonds is 5. The predicted molar refractivity (Wildman–Crippen MR) is 88.6 cm³/mol. The smallest absolute Gasteiger partial charge is 0.258 e. The lowest BCUT2D eigenvalue weighted by Crippen LogP contribution is -2.42. The van der Waals surface area contributed by atoms with Gasteiger partial charge in [-0.15, -0.1) is 0 Å². The lowest BCUT2D eigenvalue weighted by atomic mass is 9.85. The number of carbonyl (C=O) groups is 1. The van der Waals surface area contributed by atoms with Gasteiger partial charge in [-0.25, -0.2) is 8.42 Å². The number of anilines is 1. The molecular weight excluding hydrogens is 340 g/mol. The molecule has 4 N–H and O–H groups in total. The Morgan fingerprint density at radius 3 is 2.26 bits per heavy atom. The van der Waals surface area contributed by atoms with Crippen LogP contribution in [-0.2, 0) is 20.4 Å². The fourth-order valence-corrected chi connectivity index (χ4v) is 3.01. The number of hydrogen-bond donors (Lipinski definition) is 3. The number of carbonyl (C=O) groups excluding carboxylic acids is 1.